The number of alkyl halides is 2. The van der Waals surface area contributed by atoms with Crippen molar-refractivity contribution in [3.05, 3.63) is 41.1 Å². The molecule has 0 bridgehead atoms. The number of carbonyl (C=O) groups excluding carboxylic acids is 1. The van der Waals surface area contributed by atoms with Crippen molar-refractivity contribution in [3.63, 3.8) is 0 Å². The fourth-order valence-electron chi connectivity index (χ4n) is 5.01. The van der Waals surface area contributed by atoms with Gasteiger partial charge in [-0.3, -0.25) is 9.36 Å². The molecule has 0 unspecified atom stereocenters. The number of amides is 1. The zero-order chi connectivity index (χ0) is 30.0. The van der Waals surface area contributed by atoms with Gasteiger partial charge in [0.25, 0.3) is 6.43 Å². The standard InChI is InChI=1S/C26H23F3N8O3S2/c1-13(2)24(38)36-7-3-14(4-8-36)20-19-15-9-16(27)18(42(39,40)35-26(11-30)5-6-26)10-17(15)37(22(19)32-12-31-20)25-34-33-23(41-25)21(28)29/h3,9-10,12-13,21,35H,4-8H2,1-2H3. The molecular formula is C26H23F3N8O3S2. The van der Waals surface area contributed by atoms with Crippen molar-refractivity contribution in [1.29, 1.82) is 5.26 Å². The zero-order valence-electron chi connectivity index (χ0n) is 22.3. The van der Waals surface area contributed by atoms with Crippen molar-refractivity contribution in [2.24, 2.45) is 5.92 Å². The van der Waals surface area contributed by atoms with Crippen molar-refractivity contribution >= 4 is 54.8 Å². The van der Waals surface area contributed by atoms with Gasteiger partial charge < -0.3 is 4.90 Å². The summed E-state index contributed by atoms with van der Waals surface area (Å²) >= 11 is 0.587. The van der Waals surface area contributed by atoms with Crippen LogP contribution in [0, 0.1) is 23.1 Å². The first-order valence-electron chi connectivity index (χ1n) is 13.0. The predicted molar refractivity (Wildman–Crippen MR) is 147 cm³/mol. The van der Waals surface area contributed by atoms with Crippen LogP contribution in [0.25, 0.3) is 32.6 Å². The molecule has 11 nitrogen and oxygen atoms in total. The summed E-state index contributed by atoms with van der Waals surface area (Å²) in [6.07, 6.45) is 1.26. The minimum atomic E-state index is -4.48. The highest BCUT2D eigenvalue weighted by Gasteiger charge is 2.47. The van der Waals surface area contributed by atoms with Gasteiger partial charge in [0.1, 0.15) is 22.6 Å². The molecule has 1 amide bonds. The molecule has 218 valence electrons. The SMILES string of the molecule is CC(C)C(=O)N1CC=C(c2ncnc3c2c2cc(F)c(S(=O)(=O)NC4(C#N)CC4)cc2n3-c2nnc(C(F)F)s2)CC1. The molecule has 42 heavy (non-hydrogen) atoms. The number of hydrogen-bond acceptors (Lipinski definition) is 9. The van der Waals surface area contributed by atoms with Gasteiger partial charge in [-0.15, -0.1) is 10.2 Å². The number of fused-ring (bicyclic) bond motifs is 3. The van der Waals surface area contributed by atoms with Crippen LogP contribution < -0.4 is 4.72 Å². The predicted octanol–water partition coefficient (Wildman–Crippen LogP) is 4.11. The molecule has 1 saturated carbocycles. The van der Waals surface area contributed by atoms with E-state index < -0.39 is 37.7 Å². The molecule has 2 aliphatic rings. The first-order chi connectivity index (χ1) is 19.9. The van der Waals surface area contributed by atoms with Gasteiger partial charge in [-0.05, 0) is 37.0 Å². The minimum Gasteiger partial charge on any atom is -0.338 e. The molecule has 0 atom stereocenters. The second-order valence-electron chi connectivity index (χ2n) is 10.5. The smallest absolute Gasteiger partial charge is 0.291 e. The minimum absolute atomic E-state index is 0.00892. The fourth-order valence-corrected chi connectivity index (χ4v) is 7.18. The first-order valence-corrected chi connectivity index (χ1v) is 15.3. The Bertz CT molecular complexity index is 1940. The molecule has 4 aromatic rings. The average molecular weight is 617 g/mol. The number of carbonyl (C=O) groups is 1. The number of rotatable bonds is 7. The summed E-state index contributed by atoms with van der Waals surface area (Å²) < 4.78 is 72.6. The van der Waals surface area contributed by atoms with Crippen LogP contribution >= 0.6 is 11.3 Å². The van der Waals surface area contributed by atoms with Gasteiger partial charge in [0.15, 0.2) is 10.7 Å². The molecule has 1 aliphatic carbocycles. The Kier molecular flexibility index (Phi) is 6.78. The van der Waals surface area contributed by atoms with Gasteiger partial charge in [0, 0.05) is 24.4 Å². The molecule has 1 N–H and O–H groups in total. The van der Waals surface area contributed by atoms with Gasteiger partial charge in [-0.25, -0.2) is 31.6 Å². The quantitative estimate of drug-likeness (QED) is 0.326. The second-order valence-corrected chi connectivity index (χ2v) is 13.1. The number of hydrogen-bond donors (Lipinski definition) is 1. The third kappa shape index (κ3) is 4.71. The monoisotopic (exact) mass is 616 g/mol. The zero-order valence-corrected chi connectivity index (χ0v) is 23.9. The van der Waals surface area contributed by atoms with E-state index in [-0.39, 0.29) is 33.5 Å². The van der Waals surface area contributed by atoms with E-state index in [0.29, 0.717) is 54.8 Å². The fraction of sp³-hybridized carbons (Fsp3) is 0.385. The lowest BCUT2D eigenvalue weighted by molar-refractivity contribution is -0.134. The number of nitrogens with zero attached hydrogens (tertiary/aromatic N) is 7. The van der Waals surface area contributed by atoms with E-state index in [1.54, 1.807) is 4.90 Å². The van der Waals surface area contributed by atoms with Crippen molar-refractivity contribution in [2.75, 3.05) is 13.1 Å². The van der Waals surface area contributed by atoms with E-state index in [0.717, 1.165) is 17.7 Å². The first kappa shape index (κ1) is 28.2. The largest absolute Gasteiger partial charge is 0.338 e. The van der Waals surface area contributed by atoms with Crippen LogP contribution in [0.1, 0.15) is 50.2 Å². The number of halogens is 3. The Morgan fingerprint density at radius 3 is 2.57 bits per heavy atom. The highest BCUT2D eigenvalue weighted by atomic mass is 32.2. The van der Waals surface area contributed by atoms with E-state index in [4.69, 9.17) is 0 Å². The molecule has 1 aliphatic heterocycles. The molecular weight excluding hydrogens is 593 g/mol. The number of nitriles is 1. The Morgan fingerprint density at radius 2 is 1.98 bits per heavy atom. The van der Waals surface area contributed by atoms with Crippen LogP contribution in [0.2, 0.25) is 0 Å². The van der Waals surface area contributed by atoms with E-state index in [1.807, 2.05) is 26.0 Å². The van der Waals surface area contributed by atoms with Crippen molar-refractivity contribution in [1.82, 2.24) is 34.4 Å². The van der Waals surface area contributed by atoms with Crippen LogP contribution in [0.4, 0.5) is 13.2 Å². The van der Waals surface area contributed by atoms with Gasteiger partial charge in [-0.2, -0.15) is 9.98 Å². The average Bonchev–Trinajstić information content (AvgIpc) is 3.41. The van der Waals surface area contributed by atoms with E-state index >= 15 is 4.39 Å². The summed E-state index contributed by atoms with van der Waals surface area (Å²) in [6.45, 7) is 4.42. The molecule has 6 rings (SSSR count). The van der Waals surface area contributed by atoms with Crippen molar-refractivity contribution in [3.8, 4) is 11.2 Å². The van der Waals surface area contributed by atoms with Crippen LogP contribution in [0.3, 0.4) is 0 Å². The summed E-state index contributed by atoms with van der Waals surface area (Å²) in [5.74, 6) is -1.23. The maximum absolute atomic E-state index is 15.6. The maximum atomic E-state index is 15.6. The summed E-state index contributed by atoms with van der Waals surface area (Å²) in [5, 5.41) is 16.8. The van der Waals surface area contributed by atoms with Gasteiger partial charge >= 0.3 is 0 Å². The third-order valence-electron chi connectivity index (χ3n) is 7.31. The molecule has 4 heterocycles. The number of aromatic nitrogens is 5. The molecule has 16 heteroatoms. The van der Waals surface area contributed by atoms with Crippen molar-refractivity contribution < 1.29 is 26.4 Å². The van der Waals surface area contributed by atoms with E-state index in [2.05, 4.69) is 24.9 Å². The van der Waals surface area contributed by atoms with Crippen LogP contribution in [-0.2, 0) is 14.8 Å². The normalized spacial score (nSPS) is 16.8. The summed E-state index contributed by atoms with van der Waals surface area (Å²) in [5.41, 5.74) is 0.221. The highest BCUT2D eigenvalue weighted by molar-refractivity contribution is 7.89. The summed E-state index contributed by atoms with van der Waals surface area (Å²) in [6, 6.07) is 4.03. The molecule has 0 spiro atoms. The van der Waals surface area contributed by atoms with Crippen molar-refractivity contribution in [2.45, 2.75) is 50.0 Å². The number of sulfonamides is 1. The molecule has 1 fully saturated rings. The summed E-state index contributed by atoms with van der Waals surface area (Å²) in [7, 11) is -4.48. The topological polar surface area (TPSA) is 147 Å². The van der Waals surface area contributed by atoms with Crippen LogP contribution in [0.5, 0.6) is 0 Å². The Hall–Kier alpha value is -3.94. The highest BCUT2D eigenvalue weighted by Crippen LogP contribution is 2.40. The van der Waals surface area contributed by atoms with Gasteiger partial charge in [0.05, 0.1) is 22.7 Å². The summed E-state index contributed by atoms with van der Waals surface area (Å²) in [4.78, 5) is 22.3. The molecule has 0 radical (unpaired) electrons. The molecule has 3 aromatic heterocycles. The lowest BCUT2D eigenvalue weighted by atomic mass is 10.00. The molecule has 0 saturated heterocycles. The van der Waals surface area contributed by atoms with Crippen LogP contribution in [-0.4, -0.2) is 62.6 Å². The van der Waals surface area contributed by atoms with Crippen LogP contribution in [0.15, 0.2) is 29.4 Å². The second kappa shape index (κ2) is 10.1. The van der Waals surface area contributed by atoms with E-state index in [9.17, 15) is 27.3 Å². The van der Waals surface area contributed by atoms with Gasteiger partial charge in [0.2, 0.25) is 21.1 Å². The Morgan fingerprint density at radius 1 is 1.21 bits per heavy atom. The number of benzene rings is 1. The van der Waals surface area contributed by atoms with Gasteiger partial charge in [-0.1, -0.05) is 31.3 Å². The lowest BCUT2D eigenvalue weighted by Gasteiger charge is -2.28. The maximum Gasteiger partial charge on any atom is 0.291 e. The lowest BCUT2D eigenvalue weighted by Crippen LogP contribution is -2.37. The molecule has 1 aromatic carbocycles. The third-order valence-corrected chi connectivity index (χ3v) is 9.78. The van der Waals surface area contributed by atoms with E-state index in [1.165, 1.54) is 10.9 Å². The Labute approximate surface area is 241 Å². The number of nitrogens with one attached hydrogen (secondary N) is 1. The Balaban J connectivity index is 1.57.